The molecule has 0 bridgehead atoms. The number of hydrogen-bond acceptors (Lipinski definition) is 0. The molecule has 0 amide bonds. The van der Waals surface area contributed by atoms with Crippen LogP contribution in [0.3, 0.4) is 0 Å². The van der Waals surface area contributed by atoms with Crippen LogP contribution in [-0.4, -0.2) is 0 Å². The van der Waals surface area contributed by atoms with Gasteiger partial charge in [0.05, 0.1) is 0 Å². The van der Waals surface area contributed by atoms with Gasteiger partial charge in [0, 0.05) is 11.3 Å². The van der Waals surface area contributed by atoms with Gasteiger partial charge in [-0.2, -0.15) is 0 Å². The number of aryl methyl sites for hydroxylation is 1. The molecule has 5 rings (SSSR count). The normalized spacial score (nSPS) is 16.6. The summed E-state index contributed by atoms with van der Waals surface area (Å²) in [6.45, 7) is 18.3. The van der Waals surface area contributed by atoms with Crippen LogP contribution in [0, 0.1) is 6.92 Å². The van der Waals surface area contributed by atoms with Crippen molar-refractivity contribution in [3.05, 3.63) is 123 Å². The summed E-state index contributed by atoms with van der Waals surface area (Å²) in [7, 11) is 0. The molecule has 184 valence electrons. The fraction of sp³-hybridized carbons (Fsp3) is 0.333. The average Bonchev–Trinajstić information content (AvgIpc) is 3.41. The molecule has 1 atom stereocenters. The van der Waals surface area contributed by atoms with Crippen molar-refractivity contribution in [3.63, 3.8) is 0 Å². The van der Waals surface area contributed by atoms with Gasteiger partial charge in [0.15, 0.2) is 0 Å². The molecule has 2 aliphatic rings. The Morgan fingerprint density at radius 2 is 1.64 bits per heavy atom. The fourth-order valence-electron chi connectivity index (χ4n) is 6.35. The fourth-order valence-corrected chi connectivity index (χ4v) is 6.35. The molecule has 3 aromatic rings. The van der Waals surface area contributed by atoms with E-state index in [-0.39, 0.29) is 16.7 Å². The maximum Gasteiger partial charge on any atom is 0.0284 e. The zero-order chi connectivity index (χ0) is 25.8. The lowest BCUT2D eigenvalue weighted by Gasteiger charge is -2.29. The molecule has 1 unspecified atom stereocenters. The van der Waals surface area contributed by atoms with Gasteiger partial charge >= 0.3 is 0 Å². The second-order valence-electron chi connectivity index (χ2n) is 12.6. The first kappa shape index (κ1) is 24.6. The van der Waals surface area contributed by atoms with Crippen LogP contribution in [0.25, 0.3) is 16.7 Å². The number of fused-ring (bicyclic) bond motifs is 3. The van der Waals surface area contributed by atoms with Crippen LogP contribution in [0.4, 0.5) is 0 Å². The van der Waals surface area contributed by atoms with E-state index in [2.05, 4.69) is 134 Å². The van der Waals surface area contributed by atoms with Gasteiger partial charge in [0.25, 0.3) is 0 Å². The number of hydrogen-bond donors (Lipinski definition) is 0. The second kappa shape index (κ2) is 8.77. The van der Waals surface area contributed by atoms with E-state index in [4.69, 9.17) is 0 Å². The molecular formula is C36H40. The summed E-state index contributed by atoms with van der Waals surface area (Å²) in [4.78, 5) is 0. The quantitative estimate of drug-likeness (QED) is 0.259. The van der Waals surface area contributed by atoms with Gasteiger partial charge in [-0.3, -0.25) is 0 Å². The third-order valence-electron chi connectivity index (χ3n) is 7.90. The highest BCUT2D eigenvalue weighted by Gasteiger charge is 2.33. The van der Waals surface area contributed by atoms with Crippen LogP contribution in [0.1, 0.15) is 93.3 Å². The molecule has 0 aliphatic heterocycles. The zero-order valence-corrected chi connectivity index (χ0v) is 23.3. The molecule has 0 heteroatoms. The summed E-state index contributed by atoms with van der Waals surface area (Å²) in [5.41, 5.74) is 15.7. The monoisotopic (exact) mass is 472 g/mol. The molecule has 0 N–H and O–H groups in total. The maximum atomic E-state index is 2.47. The van der Waals surface area contributed by atoms with E-state index >= 15 is 0 Å². The molecule has 0 radical (unpaired) electrons. The Hall–Kier alpha value is -3.12. The average molecular weight is 473 g/mol. The molecule has 0 aromatic heterocycles. The van der Waals surface area contributed by atoms with Gasteiger partial charge in [-0.25, -0.2) is 0 Å². The highest BCUT2D eigenvalue weighted by atomic mass is 14.4. The molecule has 2 aliphatic carbocycles. The van der Waals surface area contributed by atoms with E-state index in [1.165, 1.54) is 61.2 Å². The minimum atomic E-state index is 0.0251. The van der Waals surface area contributed by atoms with Crippen molar-refractivity contribution in [2.45, 2.75) is 78.6 Å². The summed E-state index contributed by atoms with van der Waals surface area (Å²) in [5.74, 6) is 0.284. The highest BCUT2D eigenvalue weighted by Crippen LogP contribution is 2.49. The summed E-state index contributed by atoms with van der Waals surface area (Å²) in [6, 6.07) is 21.0. The minimum Gasteiger partial charge on any atom is -0.0796 e. The van der Waals surface area contributed by atoms with E-state index in [9.17, 15) is 0 Å². The number of allylic oxidation sites excluding steroid dienone is 6. The van der Waals surface area contributed by atoms with Crippen LogP contribution in [0.15, 0.2) is 84.5 Å². The summed E-state index contributed by atoms with van der Waals surface area (Å²) in [6.07, 6.45) is 10.4. The van der Waals surface area contributed by atoms with Gasteiger partial charge in [-0.1, -0.05) is 125 Å². The van der Waals surface area contributed by atoms with Crippen molar-refractivity contribution in [3.8, 4) is 11.1 Å². The first-order valence-electron chi connectivity index (χ1n) is 13.4. The van der Waals surface area contributed by atoms with E-state index < -0.39 is 0 Å². The highest BCUT2D eigenvalue weighted by molar-refractivity contribution is 5.84. The molecule has 0 saturated carbocycles. The minimum absolute atomic E-state index is 0.0251. The zero-order valence-electron chi connectivity index (χ0n) is 23.3. The molecule has 0 fully saturated rings. The first-order chi connectivity index (χ1) is 17.0. The van der Waals surface area contributed by atoms with Gasteiger partial charge in [0.2, 0.25) is 0 Å². The van der Waals surface area contributed by atoms with Gasteiger partial charge in [-0.05, 0) is 82.7 Å². The van der Waals surface area contributed by atoms with E-state index in [1.54, 1.807) is 0 Å². The van der Waals surface area contributed by atoms with Crippen molar-refractivity contribution in [1.82, 2.24) is 0 Å². The van der Waals surface area contributed by atoms with Crippen LogP contribution >= 0.6 is 0 Å². The molecular weight excluding hydrogens is 432 g/mol. The third-order valence-corrected chi connectivity index (χ3v) is 7.90. The van der Waals surface area contributed by atoms with Gasteiger partial charge in [-0.15, -0.1) is 0 Å². The largest absolute Gasteiger partial charge is 0.0796 e. The lowest BCUT2D eigenvalue weighted by Crippen LogP contribution is -2.18. The summed E-state index contributed by atoms with van der Waals surface area (Å²) >= 11 is 0. The van der Waals surface area contributed by atoms with Crippen molar-refractivity contribution in [2.24, 2.45) is 0 Å². The summed E-state index contributed by atoms with van der Waals surface area (Å²) < 4.78 is 0. The van der Waals surface area contributed by atoms with Crippen LogP contribution in [0.2, 0.25) is 0 Å². The topological polar surface area (TPSA) is 0 Å². The van der Waals surface area contributed by atoms with Crippen LogP contribution in [0.5, 0.6) is 0 Å². The Morgan fingerprint density at radius 3 is 2.33 bits per heavy atom. The number of benzene rings is 3. The smallest absolute Gasteiger partial charge is 0.0284 e. The SMILES string of the molecule is CC(C)=CC(C)(C)c1ccc2c(c1)Cc1c-2ccc(C(C)(C)C)c1C1C=CC=C1c1cccc(C)c1. The predicted octanol–water partition coefficient (Wildman–Crippen LogP) is 9.84. The Kier molecular flexibility index (Phi) is 5.98. The predicted molar refractivity (Wildman–Crippen MR) is 157 cm³/mol. The lowest BCUT2D eigenvalue weighted by molar-refractivity contribution is 0.582. The lowest BCUT2D eigenvalue weighted by atomic mass is 9.74. The van der Waals surface area contributed by atoms with Crippen LogP contribution < -0.4 is 0 Å². The van der Waals surface area contributed by atoms with Gasteiger partial charge in [0.1, 0.15) is 0 Å². The Morgan fingerprint density at radius 1 is 0.889 bits per heavy atom. The van der Waals surface area contributed by atoms with Gasteiger partial charge < -0.3 is 0 Å². The van der Waals surface area contributed by atoms with Crippen molar-refractivity contribution >= 4 is 5.57 Å². The van der Waals surface area contributed by atoms with E-state index in [0.29, 0.717) is 0 Å². The van der Waals surface area contributed by atoms with Crippen molar-refractivity contribution in [2.75, 3.05) is 0 Å². The Balaban J connectivity index is 1.65. The molecule has 0 saturated heterocycles. The maximum absolute atomic E-state index is 2.47. The molecule has 0 heterocycles. The van der Waals surface area contributed by atoms with Crippen molar-refractivity contribution in [1.29, 1.82) is 0 Å². The number of rotatable bonds is 4. The van der Waals surface area contributed by atoms with E-state index in [1.807, 2.05) is 0 Å². The standard InChI is InChI=1S/C36H40/c1-23(2)22-36(7,8)27-15-16-29-26(20-27)21-32-30(29)17-18-33(35(4,5)6)34(32)31-14-10-13-28(31)25-12-9-11-24(3)19-25/h9-20,22,31H,21H2,1-8H3. The molecule has 3 aromatic carbocycles. The first-order valence-corrected chi connectivity index (χ1v) is 13.4. The third kappa shape index (κ3) is 4.32. The van der Waals surface area contributed by atoms with Crippen molar-refractivity contribution < 1.29 is 0 Å². The Labute approximate surface area is 218 Å². The van der Waals surface area contributed by atoms with E-state index in [0.717, 1.165) is 6.42 Å². The second-order valence-corrected chi connectivity index (χ2v) is 12.6. The molecule has 36 heavy (non-hydrogen) atoms. The Bertz CT molecular complexity index is 1430. The molecule has 0 spiro atoms. The summed E-state index contributed by atoms with van der Waals surface area (Å²) in [5, 5.41) is 0. The molecule has 0 nitrogen and oxygen atoms in total. The van der Waals surface area contributed by atoms with Crippen LogP contribution in [-0.2, 0) is 17.3 Å².